The van der Waals surface area contributed by atoms with E-state index in [0.717, 1.165) is 40.2 Å². The van der Waals surface area contributed by atoms with Gasteiger partial charge in [0.15, 0.2) is 0 Å². The number of hydrogen-bond donors (Lipinski definition) is 1. The first-order valence-corrected chi connectivity index (χ1v) is 7.15. The largest absolute Gasteiger partial charge is 0.489 e. The maximum absolute atomic E-state index is 5.80. The molecule has 1 aromatic heterocycles. The van der Waals surface area contributed by atoms with Crippen molar-refractivity contribution >= 4 is 15.9 Å². The van der Waals surface area contributed by atoms with Crippen LogP contribution in [0.2, 0.25) is 0 Å². The fraction of sp³-hybridized carbons (Fsp3) is 0.333. The highest BCUT2D eigenvalue weighted by molar-refractivity contribution is 9.10. The zero-order chi connectivity index (χ0) is 13.7. The zero-order valence-electron chi connectivity index (χ0n) is 11.2. The average molecular weight is 324 g/mol. The summed E-state index contributed by atoms with van der Waals surface area (Å²) >= 11 is 3.48. The van der Waals surface area contributed by atoms with Crippen LogP contribution in [-0.2, 0) is 13.2 Å². The minimum atomic E-state index is 0.526. The van der Waals surface area contributed by atoms with E-state index >= 15 is 0 Å². The van der Waals surface area contributed by atoms with E-state index in [0.29, 0.717) is 6.61 Å². The van der Waals surface area contributed by atoms with Crippen LogP contribution in [0.15, 0.2) is 39.4 Å². The Bertz CT molecular complexity index is 537. The topological polar surface area (TPSA) is 34.4 Å². The van der Waals surface area contributed by atoms with Gasteiger partial charge in [-0.25, -0.2) is 0 Å². The number of rotatable bonds is 6. The third-order valence-electron chi connectivity index (χ3n) is 2.90. The zero-order valence-corrected chi connectivity index (χ0v) is 12.8. The lowest BCUT2D eigenvalue weighted by Crippen LogP contribution is -2.12. The maximum atomic E-state index is 5.80. The molecule has 3 nitrogen and oxygen atoms in total. The highest BCUT2D eigenvalue weighted by Gasteiger charge is 2.07. The molecule has 1 aromatic carbocycles. The predicted octanol–water partition coefficient (Wildman–Crippen LogP) is 4.04. The molecule has 0 saturated carbocycles. The van der Waals surface area contributed by atoms with E-state index in [1.165, 1.54) is 0 Å². The van der Waals surface area contributed by atoms with Crippen LogP contribution in [0.5, 0.6) is 5.75 Å². The number of nitrogens with one attached hydrogen (secondary N) is 1. The van der Waals surface area contributed by atoms with Crippen LogP contribution in [0.1, 0.15) is 23.8 Å². The van der Waals surface area contributed by atoms with Gasteiger partial charge in [-0.05, 0) is 43.3 Å². The van der Waals surface area contributed by atoms with Crippen LogP contribution < -0.4 is 10.1 Å². The lowest BCUT2D eigenvalue weighted by Gasteiger charge is -2.08. The quantitative estimate of drug-likeness (QED) is 0.871. The van der Waals surface area contributed by atoms with Gasteiger partial charge < -0.3 is 14.5 Å². The minimum Gasteiger partial charge on any atom is -0.489 e. The van der Waals surface area contributed by atoms with E-state index in [1.54, 1.807) is 6.26 Å². The van der Waals surface area contributed by atoms with Crippen LogP contribution in [0.3, 0.4) is 0 Å². The van der Waals surface area contributed by atoms with Crippen LogP contribution in [0.25, 0.3) is 0 Å². The molecule has 0 fully saturated rings. The summed E-state index contributed by atoms with van der Waals surface area (Å²) in [5.74, 6) is 1.81. The molecule has 0 bridgehead atoms. The molecule has 1 N–H and O–H groups in total. The van der Waals surface area contributed by atoms with Crippen LogP contribution >= 0.6 is 15.9 Å². The second-order valence-electron chi connectivity index (χ2n) is 4.35. The van der Waals surface area contributed by atoms with Gasteiger partial charge in [-0.3, -0.25) is 0 Å². The summed E-state index contributed by atoms with van der Waals surface area (Å²) in [5.41, 5.74) is 2.25. The summed E-state index contributed by atoms with van der Waals surface area (Å²) in [6.07, 6.45) is 1.71. The van der Waals surface area contributed by atoms with Crippen LogP contribution in [-0.4, -0.2) is 6.54 Å². The SMILES string of the molecule is CCNCc1occc1COc1ccc(Br)c(C)c1. The van der Waals surface area contributed by atoms with Gasteiger partial charge in [-0.1, -0.05) is 22.9 Å². The highest BCUT2D eigenvalue weighted by Crippen LogP contribution is 2.23. The molecule has 0 spiro atoms. The number of aryl methyl sites for hydroxylation is 1. The van der Waals surface area contributed by atoms with Crippen molar-refractivity contribution in [3.8, 4) is 5.75 Å². The summed E-state index contributed by atoms with van der Waals surface area (Å²) in [7, 11) is 0. The number of halogens is 1. The smallest absolute Gasteiger partial charge is 0.124 e. The molecule has 0 radical (unpaired) electrons. The number of hydrogen-bond acceptors (Lipinski definition) is 3. The van der Waals surface area contributed by atoms with Gasteiger partial charge in [0.1, 0.15) is 18.1 Å². The molecule has 0 unspecified atom stereocenters. The molecule has 2 rings (SSSR count). The lowest BCUT2D eigenvalue weighted by atomic mass is 10.2. The van der Waals surface area contributed by atoms with Gasteiger partial charge in [-0.2, -0.15) is 0 Å². The van der Waals surface area contributed by atoms with Crippen molar-refractivity contribution < 1.29 is 9.15 Å². The molecule has 19 heavy (non-hydrogen) atoms. The first kappa shape index (κ1) is 14.2. The second-order valence-corrected chi connectivity index (χ2v) is 5.20. The van der Waals surface area contributed by atoms with Gasteiger partial charge in [0.05, 0.1) is 12.8 Å². The van der Waals surface area contributed by atoms with Crippen molar-refractivity contribution in [2.75, 3.05) is 6.54 Å². The van der Waals surface area contributed by atoms with Crippen molar-refractivity contribution in [3.63, 3.8) is 0 Å². The normalized spacial score (nSPS) is 10.7. The van der Waals surface area contributed by atoms with Gasteiger partial charge in [0, 0.05) is 10.0 Å². The van der Waals surface area contributed by atoms with E-state index < -0.39 is 0 Å². The summed E-state index contributed by atoms with van der Waals surface area (Å²) in [6.45, 7) is 6.31. The number of furan rings is 1. The van der Waals surface area contributed by atoms with Crippen molar-refractivity contribution in [2.45, 2.75) is 27.0 Å². The molecular weight excluding hydrogens is 306 g/mol. The summed E-state index contributed by atoms with van der Waals surface area (Å²) in [6, 6.07) is 7.94. The Hall–Kier alpha value is -1.26. The van der Waals surface area contributed by atoms with Crippen molar-refractivity contribution in [1.29, 1.82) is 0 Å². The molecule has 0 atom stereocenters. The first-order chi connectivity index (χ1) is 9.20. The fourth-order valence-corrected chi connectivity index (χ4v) is 2.00. The van der Waals surface area contributed by atoms with Crippen LogP contribution in [0, 0.1) is 6.92 Å². The molecular formula is C15H18BrNO2. The molecule has 2 aromatic rings. The fourth-order valence-electron chi connectivity index (χ4n) is 1.76. The Labute approximate surface area is 122 Å². The van der Waals surface area contributed by atoms with E-state index in [1.807, 2.05) is 31.2 Å². The summed E-state index contributed by atoms with van der Waals surface area (Å²) in [4.78, 5) is 0. The Balaban J connectivity index is 1.98. The number of benzene rings is 1. The molecule has 0 aliphatic rings. The maximum Gasteiger partial charge on any atom is 0.124 e. The molecule has 1 heterocycles. The molecule has 4 heteroatoms. The monoisotopic (exact) mass is 323 g/mol. The first-order valence-electron chi connectivity index (χ1n) is 6.35. The Morgan fingerprint density at radius 2 is 2.16 bits per heavy atom. The van der Waals surface area contributed by atoms with Crippen molar-refractivity contribution in [1.82, 2.24) is 5.32 Å². The summed E-state index contributed by atoms with van der Waals surface area (Å²) < 4.78 is 12.3. The second kappa shape index (κ2) is 6.78. The minimum absolute atomic E-state index is 0.526. The van der Waals surface area contributed by atoms with Gasteiger partial charge >= 0.3 is 0 Å². The third-order valence-corrected chi connectivity index (χ3v) is 3.79. The molecule has 0 amide bonds. The van der Waals surface area contributed by atoms with E-state index in [2.05, 4.69) is 28.2 Å². The van der Waals surface area contributed by atoms with E-state index in [4.69, 9.17) is 9.15 Å². The van der Waals surface area contributed by atoms with Gasteiger partial charge in [-0.15, -0.1) is 0 Å². The molecule has 0 saturated heterocycles. The van der Waals surface area contributed by atoms with Gasteiger partial charge in [0.25, 0.3) is 0 Å². The average Bonchev–Trinajstić information content (AvgIpc) is 2.85. The molecule has 0 aliphatic carbocycles. The third kappa shape index (κ3) is 3.85. The molecule has 102 valence electrons. The van der Waals surface area contributed by atoms with Crippen molar-refractivity contribution in [2.24, 2.45) is 0 Å². The van der Waals surface area contributed by atoms with Crippen LogP contribution in [0.4, 0.5) is 0 Å². The lowest BCUT2D eigenvalue weighted by molar-refractivity contribution is 0.301. The summed E-state index contributed by atoms with van der Waals surface area (Å²) in [5, 5.41) is 3.25. The molecule has 0 aliphatic heterocycles. The van der Waals surface area contributed by atoms with E-state index in [-0.39, 0.29) is 0 Å². The van der Waals surface area contributed by atoms with Gasteiger partial charge in [0.2, 0.25) is 0 Å². The highest BCUT2D eigenvalue weighted by atomic mass is 79.9. The Kier molecular flexibility index (Phi) is 5.05. The van der Waals surface area contributed by atoms with E-state index in [9.17, 15) is 0 Å². The Morgan fingerprint density at radius 3 is 2.89 bits per heavy atom. The van der Waals surface area contributed by atoms with Crippen molar-refractivity contribution in [3.05, 3.63) is 51.9 Å². The standard InChI is InChI=1S/C15H18BrNO2/c1-3-17-9-15-12(6-7-18-15)10-19-13-4-5-14(16)11(2)8-13/h4-8,17H,3,9-10H2,1-2H3. The number of ether oxygens (including phenoxy) is 1. The predicted molar refractivity (Wildman–Crippen MR) is 79.3 cm³/mol. The Morgan fingerprint density at radius 1 is 1.32 bits per heavy atom.